The second-order valence-electron chi connectivity index (χ2n) is 7.12. The van der Waals surface area contributed by atoms with Gasteiger partial charge in [0.2, 0.25) is 5.88 Å². The first-order chi connectivity index (χ1) is 12.8. The van der Waals surface area contributed by atoms with Crippen LogP contribution in [-0.2, 0) is 6.42 Å². The van der Waals surface area contributed by atoms with Gasteiger partial charge in [-0.2, -0.15) is 0 Å². The molecule has 1 aromatic carbocycles. The van der Waals surface area contributed by atoms with Crippen LogP contribution in [0.3, 0.4) is 0 Å². The summed E-state index contributed by atoms with van der Waals surface area (Å²) in [6, 6.07) is 8.38. The molecule has 0 bridgehead atoms. The number of rotatable bonds is 13. The van der Waals surface area contributed by atoms with Crippen LogP contribution in [-0.4, -0.2) is 9.97 Å². The van der Waals surface area contributed by atoms with Crippen molar-refractivity contribution in [2.24, 2.45) is 0 Å². The first kappa shape index (κ1) is 20.4. The zero-order valence-electron chi connectivity index (χ0n) is 16.5. The lowest BCUT2D eigenvalue weighted by Gasteiger charge is -2.07. The number of unbranched alkanes of at least 4 members (excludes halogenated alkanes) is 9. The maximum absolute atomic E-state index is 5.80. The van der Waals surface area contributed by atoms with Gasteiger partial charge in [0.05, 0.1) is 5.69 Å². The van der Waals surface area contributed by atoms with Gasteiger partial charge >= 0.3 is 0 Å². The molecule has 0 amide bonds. The van der Waals surface area contributed by atoms with Crippen LogP contribution in [0.2, 0.25) is 0 Å². The molecular formula is C23H34N2O. The van der Waals surface area contributed by atoms with Gasteiger partial charge in [0.1, 0.15) is 5.75 Å². The summed E-state index contributed by atoms with van der Waals surface area (Å²) < 4.78 is 5.80. The number of aryl methyl sites for hydroxylation is 2. The quantitative estimate of drug-likeness (QED) is 0.362. The van der Waals surface area contributed by atoms with Crippen LogP contribution >= 0.6 is 0 Å². The van der Waals surface area contributed by atoms with Crippen LogP contribution in [0.15, 0.2) is 36.7 Å². The van der Waals surface area contributed by atoms with E-state index in [-0.39, 0.29) is 0 Å². The Morgan fingerprint density at radius 3 is 1.92 bits per heavy atom. The molecule has 0 aliphatic heterocycles. The maximum Gasteiger partial charge on any atom is 0.240 e. The Hall–Kier alpha value is -1.90. The summed E-state index contributed by atoms with van der Waals surface area (Å²) in [5.74, 6) is 1.40. The van der Waals surface area contributed by atoms with Crippen LogP contribution in [0.5, 0.6) is 11.6 Å². The van der Waals surface area contributed by atoms with E-state index in [1.807, 2.05) is 19.1 Å². The Balaban J connectivity index is 1.57. The third kappa shape index (κ3) is 7.99. The lowest BCUT2D eigenvalue weighted by Crippen LogP contribution is -1.93. The molecule has 2 rings (SSSR count). The highest BCUT2D eigenvalue weighted by atomic mass is 16.5. The number of nitrogens with zero attached hydrogens (tertiary/aromatic N) is 2. The normalized spacial score (nSPS) is 10.8. The fraction of sp³-hybridized carbons (Fsp3) is 0.565. The van der Waals surface area contributed by atoms with Gasteiger partial charge in [-0.1, -0.05) is 76.8 Å². The molecule has 142 valence electrons. The molecule has 1 aromatic heterocycles. The smallest absolute Gasteiger partial charge is 0.240 e. The number of hydrogen-bond acceptors (Lipinski definition) is 3. The molecule has 3 heteroatoms. The monoisotopic (exact) mass is 354 g/mol. The second-order valence-corrected chi connectivity index (χ2v) is 7.12. The molecule has 2 aromatic rings. The van der Waals surface area contributed by atoms with Crippen molar-refractivity contribution in [1.82, 2.24) is 9.97 Å². The minimum absolute atomic E-state index is 0.579. The van der Waals surface area contributed by atoms with Crippen molar-refractivity contribution < 1.29 is 4.74 Å². The molecule has 0 saturated heterocycles. The van der Waals surface area contributed by atoms with E-state index in [9.17, 15) is 0 Å². The van der Waals surface area contributed by atoms with E-state index in [0.717, 1.165) is 17.9 Å². The van der Waals surface area contributed by atoms with E-state index in [4.69, 9.17) is 4.74 Å². The Labute approximate surface area is 159 Å². The van der Waals surface area contributed by atoms with E-state index >= 15 is 0 Å². The van der Waals surface area contributed by atoms with E-state index in [1.54, 1.807) is 12.4 Å². The van der Waals surface area contributed by atoms with Crippen LogP contribution < -0.4 is 4.74 Å². The summed E-state index contributed by atoms with van der Waals surface area (Å²) >= 11 is 0. The molecule has 0 fully saturated rings. The minimum atomic E-state index is 0.579. The molecule has 0 saturated carbocycles. The molecular weight excluding hydrogens is 320 g/mol. The van der Waals surface area contributed by atoms with Gasteiger partial charge in [0.25, 0.3) is 0 Å². The summed E-state index contributed by atoms with van der Waals surface area (Å²) in [4.78, 5) is 8.41. The van der Waals surface area contributed by atoms with Crippen molar-refractivity contribution >= 4 is 0 Å². The van der Waals surface area contributed by atoms with Gasteiger partial charge in [0.15, 0.2) is 0 Å². The maximum atomic E-state index is 5.80. The summed E-state index contributed by atoms with van der Waals surface area (Å²) in [5.41, 5.74) is 2.19. The fourth-order valence-electron chi connectivity index (χ4n) is 3.15. The van der Waals surface area contributed by atoms with Gasteiger partial charge in [-0.05, 0) is 37.5 Å². The number of benzene rings is 1. The van der Waals surface area contributed by atoms with E-state index in [0.29, 0.717) is 5.88 Å². The molecule has 0 aliphatic rings. The molecule has 0 aliphatic carbocycles. The van der Waals surface area contributed by atoms with Crippen molar-refractivity contribution in [3.05, 3.63) is 47.9 Å². The van der Waals surface area contributed by atoms with Crippen LogP contribution in [0, 0.1) is 6.92 Å². The van der Waals surface area contributed by atoms with E-state index < -0.39 is 0 Å². The van der Waals surface area contributed by atoms with Gasteiger partial charge in [-0.25, -0.2) is 4.98 Å². The number of ether oxygens (including phenoxy) is 1. The molecule has 3 nitrogen and oxygen atoms in total. The van der Waals surface area contributed by atoms with E-state index in [2.05, 4.69) is 29.0 Å². The minimum Gasteiger partial charge on any atom is -0.437 e. The van der Waals surface area contributed by atoms with Crippen molar-refractivity contribution in [3.8, 4) is 11.6 Å². The zero-order valence-corrected chi connectivity index (χ0v) is 16.5. The van der Waals surface area contributed by atoms with Crippen molar-refractivity contribution in [1.29, 1.82) is 0 Å². The second kappa shape index (κ2) is 12.5. The fourth-order valence-corrected chi connectivity index (χ4v) is 3.15. The predicted octanol–water partition coefficient (Wildman–Crippen LogP) is 7.04. The average Bonchev–Trinajstić information content (AvgIpc) is 2.66. The number of aromatic nitrogens is 2. The Kier molecular flexibility index (Phi) is 9.78. The molecule has 0 unspecified atom stereocenters. The Bertz CT molecular complexity index is 610. The van der Waals surface area contributed by atoms with Crippen molar-refractivity contribution in [3.63, 3.8) is 0 Å². The van der Waals surface area contributed by atoms with Gasteiger partial charge in [-0.3, -0.25) is 4.98 Å². The molecule has 0 spiro atoms. The SMILES string of the molecule is CCCCCCCCCCCCc1ccc(Oc2nccnc2C)cc1. The van der Waals surface area contributed by atoms with Crippen molar-refractivity contribution in [2.45, 2.75) is 84.5 Å². The highest BCUT2D eigenvalue weighted by Crippen LogP contribution is 2.22. The van der Waals surface area contributed by atoms with Crippen LogP contribution in [0.1, 0.15) is 82.4 Å². The van der Waals surface area contributed by atoms with Gasteiger partial charge in [-0.15, -0.1) is 0 Å². The standard InChI is InChI=1S/C23H34N2O/c1-3-4-5-6-7-8-9-10-11-12-13-21-14-16-22(17-15-21)26-23-20(2)24-18-19-25-23/h14-19H,3-13H2,1-2H3. The summed E-state index contributed by atoms with van der Waals surface area (Å²) in [6.45, 7) is 4.18. The molecule has 0 N–H and O–H groups in total. The average molecular weight is 355 g/mol. The van der Waals surface area contributed by atoms with Crippen molar-refractivity contribution in [2.75, 3.05) is 0 Å². The molecule has 1 heterocycles. The first-order valence-corrected chi connectivity index (χ1v) is 10.3. The third-order valence-electron chi connectivity index (χ3n) is 4.79. The summed E-state index contributed by atoms with van der Waals surface area (Å²) in [7, 11) is 0. The first-order valence-electron chi connectivity index (χ1n) is 10.3. The Morgan fingerprint density at radius 1 is 0.731 bits per heavy atom. The highest BCUT2D eigenvalue weighted by molar-refractivity contribution is 5.31. The highest BCUT2D eigenvalue weighted by Gasteiger charge is 2.03. The third-order valence-corrected chi connectivity index (χ3v) is 4.79. The van der Waals surface area contributed by atoms with E-state index in [1.165, 1.54) is 69.8 Å². The topological polar surface area (TPSA) is 35.0 Å². The molecule has 26 heavy (non-hydrogen) atoms. The lowest BCUT2D eigenvalue weighted by atomic mass is 10.0. The summed E-state index contributed by atoms with van der Waals surface area (Å²) in [5, 5.41) is 0. The van der Waals surface area contributed by atoms with Gasteiger partial charge in [0, 0.05) is 12.4 Å². The largest absolute Gasteiger partial charge is 0.437 e. The van der Waals surface area contributed by atoms with Crippen LogP contribution in [0.25, 0.3) is 0 Å². The van der Waals surface area contributed by atoms with Crippen LogP contribution in [0.4, 0.5) is 0 Å². The predicted molar refractivity (Wildman–Crippen MR) is 109 cm³/mol. The Morgan fingerprint density at radius 2 is 1.31 bits per heavy atom. The molecule has 0 atom stereocenters. The zero-order chi connectivity index (χ0) is 18.5. The number of hydrogen-bond donors (Lipinski definition) is 0. The lowest BCUT2D eigenvalue weighted by molar-refractivity contribution is 0.455. The van der Waals surface area contributed by atoms with Gasteiger partial charge < -0.3 is 4.74 Å². The summed E-state index contributed by atoms with van der Waals surface area (Å²) in [6.07, 6.45) is 18.3. The molecule has 0 radical (unpaired) electrons.